The van der Waals surface area contributed by atoms with Crippen molar-refractivity contribution in [2.24, 2.45) is 0 Å². The molecule has 0 saturated heterocycles. The second kappa shape index (κ2) is 9.02. The van der Waals surface area contributed by atoms with Gasteiger partial charge in [-0.1, -0.05) is 29.3 Å². The van der Waals surface area contributed by atoms with E-state index in [2.05, 4.69) is 10.6 Å². The van der Waals surface area contributed by atoms with Crippen LogP contribution in [0.25, 0.3) is 0 Å². The van der Waals surface area contributed by atoms with Crippen LogP contribution >= 0.6 is 23.2 Å². The molecule has 0 fully saturated rings. The van der Waals surface area contributed by atoms with Gasteiger partial charge in [-0.15, -0.1) is 0 Å². The fourth-order valence-electron chi connectivity index (χ4n) is 1.47. The quantitative estimate of drug-likeness (QED) is 0.678. The molecule has 0 spiro atoms. The number of aliphatic hydroxyl groups excluding tert-OH is 1. The van der Waals surface area contributed by atoms with Gasteiger partial charge in [-0.25, -0.2) is 0 Å². The summed E-state index contributed by atoms with van der Waals surface area (Å²) in [6, 6.07) is 5.02. The van der Waals surface area contributed by atoms with Crippen LogP contribution in [0.15, 0.2) is 18.2 Å². The van der Waals surface area contributed by atoms with Gasteiger partial charge in [-0.05, 0) is 19.1 Å². The van der Waals surface area contributed by atoms with E-state index in [1.807, 2.05) is 6.92 Å². The maximum absolute atomic E-state index is 11.2. The van der Waals surface area contributed by atoms with E-state index in [1.165, 1.54) is 0 Å². The Hall–Kier alpha value is -1.01. The smallest absolute Gasteiger partial charge is 0.233 e. The van der Waals surface area contributed by atoms with Crippen LogP contribution in [-0.4, -0.2) is 43.4 Å². The number of rotatable bonds is 8. The maximum Gasteiger partial charge on any atom is 0.233 e. The first-order chi connectivity index (χ1) is 9.54. The third kappa shape index (κ3) is 5.96. The molecule has 1 amide bonds. The number of aliphatic hydroxyl groups is 1. The summed E-state index contributed by atoms with van der Waals surface area (Å²) >= 11 is 11.9. The fraction of sp³-hybridized carbons (Fsp3) is 0.462. The van der Waals surface area contributed by atoms with Crippen molar-refractivity contribution in [2.75, 3.05) is 26.2 Å². The summed E-state index contributed by atoms with van der Waals surface area (Å²) in [5, 5.41) is 16.0. The monoisotopic (exact) mass is 320 g/mol. The van der Waals surface area contributed by atoms with Gasteiger partial charge in [0.2, 0.25) is 5.91 Å². The van der Waals surface area contributed by atoms with Crippen molar-refractivity contribution >= 4 is 29.1 Å². The number of amides is 1. The molecular weight excluding hydrogens is 303 g/mol. The molecule has 0 radical (unpaired) electrons. The third-order valence-electron chi connectivity index (χ3n) is 2.38. The second-order valence-electron chi connectivity index (χ2n) is 4.10. The first-order valence-electron chi connectivity index (χ1n) is 6.26. The van der Waals surface area contributed by atoms with E-state index in [0.29, 0.717) is 22.3 Å². The van der Waals surface area contributed by atoms with Crippen molar-refractivity contribution in [2.45, 2.75) is 13.0 Å². The predicted octanol–water partition coefficient (Wildman–Crippen LogP) is 1.46. The van der Waals surface area contributed by atoms with Gasteiger partial charge in [0.15, 0.2) is 5.75 Å². The lowest BCUT2D eigenvalue weighted by Gasteiger charge is -2.14. The van der Waals surface area contributed by atoms with Crippen molar-refractivity contribution in [3.63, 3.8) is 0 Å². The number of nitrogens with one attached hydrogen (secondary N) is 2. The molecule has 112 valence electrons. The molecule has 20 heavy (non-hydrogen) atoms. The molecule has 0 saturated carbocycles. The number of likely N-dealkylation sites (N-methyl/N-ethyl adjacent to an activating group) is 1. The molecule has 1 aromatic carbocycles. The number of carbonyl (C=O) groups excluding carboxylic acids is 1. The lowest BCUT2D eigenvalue weighted by molar-refractivity contribution is -0.120. The Morgan fingerprint density at radius 2 is 2.05 bits per heavy atom. The number of ether oxygens (including phenoxy) is 1. The molecule has 7 heteroatoms. The van der Waals surface area contributed by atoms with Crippen molar-refractivity contribution in [3.05, 3.63) is 28.2 Å². The van der Waals surface area contributed by atoms with Crippen molar-refractivity contribution in [1.82, 2.24) is 10.6 Å². The van der Waals surface area contributed by atoms with Crippen molar-refractivity contribution in [3.8, 4) is 5.75 Å². The number of carbonyl (C=O) groups is 1. The van der Waals surface area contributed by atoms with Crippen LogP contribution in [0.4, 0.5) is 0 Å². The van der Waals surface area contributed by atoms with E-state index in [9.17, 15) is 9.90 Å². The summed E-state index contributed by atoms with van der Waals surface area (Å²) in [5.74, 6) is 0.230. The summed E-state index contributed by atoms with van der Waals surface area (Å²) in [6.45, 7) is 2.84. The molecule has 0 bridgehead atoms. The van der Waals surface area contributed by atoms with E-state index in [0.717, 1.165) is 0 Å². The Morgan fingerprint density at radius 1 is 1.40 bits per heavy atom. The van der Waals surface area contributed by atoms with E-state index >= 15 is 0 Å². The van der Waals surface area contributed by atoms with Gasteiger partial charge >= 0.3 is 0 Å². The standard InChI is InChI=1S/C13H18Cl2N2O3/c1-2-17-12(19)7-16-6-9(18)8-20-13-10(14)4-3-5-11(13)15/h3-5,9,16,18H,2,6-8H2,1H3,(H,17,19). The lowest BCUT2D eigenvalue weighted by Crippen LogP contribution is -2.38. The van der Waals surface area contributed by atoms with Crippen molar-refractivity contribution < 1.29 is 14.6 Å². The Labute approximate surface area is 128 Å². The van der Waals surface area contributed by atoms with Crippen molar-refractivity contribution in [1.29, 1.82) is 0 Å². The summed E-state index contributed by atoms with van der Waals surface area (Å²) < 4.78 is 5.38. The predicted molar refractivity (Wildman–Crippen MR) is 79.5 cm³/mol. The van der Waals surface area contributed by atoms with Gasteiger partial charge in [0.1, 0.15) is 12.7 Å². The zero-order valence-corrected chi connectivity index (χ0v) is 12.7. The first kappa shape index (κ1) is 17.0. The fourth-order valence-corrected chi connectivity index (χ4v) is 1.98. The SMILES string of the molecule is CCNC(=O)CNCC(O)COc1c(Cl)cccc1Cl. The Bertz CT molecular complexity index is 423. The Morgan fingerprint density at radius 3 is 2.65 bits per heavy atom. The number of para-hydroxylation sites is 1. The number of hydrogen-bond acceptors (Lipinski definition) is 4. The lowest BCUT2D eigenvalue weighted by atomic mass is 10.3. The molecule has 0 aliphatic rings. The highest BCUT2D eigenvalue weighted by atomic mass is 35.5. The molecule has 0 aliphatic carbocycles. The van der Waals surface area contributed by atoms with Crippen LogP contribution in [0.1, 0.15) is 6.92 Å². The molecule has 1 aromatic rings. The highest BCUT2D eigenvalue weighted by Gasteiger charge is 2.10. The minimum Gasteiger partial charge on any atom is -0.488 e. The maximum atomic E-state index is 11.2. The summed E-state index contributed by atoms with van der Waals surface area (Å²) in [6.07, 6.45) is -0.767. The summed E-state index contributed by atoms with van der Waals surface area (Å²) in [7, 11) is 0. The van der Waals surface area contributed by atoms with Crippen LogP contribution in [0.3, 0.4) is 0 Å². The minimum atomic E-state index is -0.767. The number of hydrogen-bond donors (Lipinski definition) is 3. The first-order valence-corrected chi connectivity index (χ1v) is 7.02. The van der Waals surface area contributed by atoms with Gasteiger partial charge in [-0.2, -0.15) is 0 Å². The average Bonchev–Trinajstić information content (AvgIpc) is 2.38. The van der Waals surface area contributed by atoms with Gasteiger partial charge < -0.3 is 20.5 Å². The molecule has 0 heterocycles. The molecule has 1 atom stereocenters. The van der Waals surface area contributed by atoms with Gasteiger partial charge in [-0.3, -0.25) is 4.79 Å². The normalized spacial score (nSPS) is 12.0. The van der Waals surface area contributed by atoms with Crippen LogP contribution in [0.5, 0.6) is 5.75 Å². The van der Waals surface area contributed by atoms with E-state index in [-0.39, 0.29) is 25.6 Å². The zero-order valence-electron chi connectivity index (χ0n) is 11.2. The number of benzene rings is 1. The van der Waals surface area contributed by atoms with Crippen LogP contribution in [-0.2, 0) is 4.79 Å². The molecule has 1 unspecified atom stereocenters. The minimum absolute atomic E-state index is 0.0336. The molecule has 0 aromatic heterocycles. The van der Waals surface area contributed by atoms with E-state index in [1.54, 1.807) is 18.2 Å². The van der Waals surface area contributed by atoms with Gasteiger partial charge in [0.05, 0.1) is 16.6 Å². The molecular formula is C13H18Cl2N2O3. The van der Waals surface area contributed by atoms with E-state index in [4.69, 9.17) is 27.9 Å². The largest absolute Gasteiger partial charge is 0.488 e. The Kier molecular flexibility index (Phi) is 7.69. The summed E-state index contributed by atoms with van der Waals surface area (Å²) in [5.41, 5.74) is 0. The van der Waals surface area contributed by atoms with Crippen LogP contribution in [0.2, 0.25) is 10.0 Å². The van der Waals surface area contributed by atoms with Crippen LogP contribution in [0, 0.1) is 0 Å². The molecule has 5 nitrogen and oxygen atoms in total. The average molecular weight is 321 g/mol. The van der Waals surface area contributed by atoms with E-state index < -0.39 is 6.10 Å². The zero-order chi connectivity index (χ0) is 15.0. The Balaban J connectivity index is 2.29. The highest BCUT2D eigenvalue weighted by Crippen LogP contribution is 2.32. The van der Waals surface area contributed by atoms with Gasteiger partial charge in [0.25, 0.3) is 0 Å². The third-order valence-corrected chi connectivity index (χ3v) is 2.97. The van der Waals surface area contributed by atoms with Crippen LogP contribution < -0.4 is 15.4 Å². The topological polar surface area (TPSA) is 70.6 Å². The van der Waals surface area contributed by atoms with Gasteiger partial charge in [0, 0.05) is 13.1 Å². The molecule has 1 rings (SSSR count). The molecule has 0 aliphatic heterocycles. The summed E-state index contributed by atoms with van der Waals surface area (Å²) in [4.78, 5) is 11.2. The highest BCUT2D eigenvalue weighted by molar-refractivity contribution is 6.37. The second-order valence-corrected chi connectivity index (χ2v) is 4.91. The molecule has 3 N–H and O–H groups in total. The number of halogens is 2.